The molecule has 15 heavy (non-hydrogen) atoms. The zero-order chi connectivity index (χ0) is 11.6. The lowest BCUT2D eigenvalue weighted by atomic mass is 10.1. The van der Waals surface area contributed by atoms with E-state index in [4.69, 9.17) is 14.9 Å². The second-order valence-corrected chi connectivity index (χ2v) is 2.78. The third kappa shape index (κ3) is 2.04. The Kier molecular flexibility index (Phi) is 2.89. The summed E-state index contributed by atoms with van der Waals surface area (Å²) in [5, 5.41) is 17.5. The molecule has 80 valence electrons. The first-order chi connectivity index (χ1) is 6.97. The highest BCUT2D eigenvalue weighted by atomic mass is 16.5. The first-order valence-corrected chi connectivity index (χ1v) is 3.99. The third-order valence-electron chi connectivity index (χ3n) is 1.82. The number of hydrogen-bond donors (Lipinski definition) is 2. The molecule has 1 rings (SSSR count). The van der Waals surface area contributed by atoms with Crippen LogP contribution in [0.15, 0.2) is 6.07 Å². The van der Waals surface area contributed by atoms with Crippen LogP contribution in [-0.4, -0.2) is 34.2 Å². The van der Waals surface area contributed by atoms with Crippen LogP contribution in [0.1, 0.15) is 26.5 Å². The highest BCUT2D eigenvalue weighted by Gasteiger charge is 2.20. The van der Waals surface area contributed by atoms with Gasteiger partial charge >= 0.3 is 11.9 Å². The van der Waals surface area contributed by atoms with E-state index in [0.29, 0.717) is 5.69 Å². The van der Waals surface area contributed by atoms with E-state index in [9.17, 15) is 9.59 Å². The first kappa shape index (κ1) is 11.0. The molecule has 1 aromatic heterocycles. The van der Waals surface area contributed by atoms with Crippen molar-refractivity contribution in [2.24, 2.45) is 0 Å². The Balaban J connectivity index is 3.45. The molecule has 0 amide bonds. The van der Waals surface area contributed by atoms with E-state index < -0.39 is 17.6 Å². The van der Waals surface area contributed by atoms with Crippen molar-refractivity contribution in [3.63, 3.8) is 0 Å². The van der Waals surface area contributed by atoms with E-state index in [-0.39, 0.29) is 11.3 Å². The molecule has 1 aromatic rings. The number of rotatable bonds is 3. The Labute approximate surface area is 85.1 Å². The summed E-state index contributed by atoms with van der Waals surface area (Å²) in [5.74, 6) is -2.48. The van der Waals surface area contributed by atoms with Gasteiger partial charge in [-0.2, -0.15) is 0 Å². The Morgan fingerprint density at radius 1 is 1.33 bits per heavy atom. The predicted octanol–water partition coefficient (Wildman–Crippen LogP) is 0.795. The fourth-order valence-electron chi connectivity index (χ4n) is 1.12. The van der Waals surface area contributed by atoms with Gasteiger partial charge in [0.2, 0.25) is 0 Å². The number of carbonyl (C=O) groups is 2. The van der Waals surface area contributed by atoms with Crippen molar-refractivity contribution >= 4 is 11.9 Å². The lowest BCUT2D eigenvalue weighted by Gasteiger charge is -2.07. The Hall–Kier alpha value is -2.11. The zero-order valence-electron chi connectivity index (χ0n) is 8.14. The maximum Gasteiger partial charge on any atom is 0.355 e. The van der Waals surface area contributed by atoms with E-state index in [0.717, 1.165) is 6.07 Å². The van der Waals surface area contributed by atoms with Crippen molar-refractivity contribution in [1.29, 1.82) is 0 Å². The summed E-state index contributed by atoms with van der Waals surface area (Å²) >= 11 is 0. The van der Waals surface area contributed by atoms with Crippen molar-refractivity contribution in [3.8, 4) is 5.75 Å². The number of ether oxygens (including phenoxy) is 1. The summed E-state index contributed by atoms with van der Waals surface area (Å²) in [6, 6.07) is 1.15. The van der Waals surface area contributed by atoms with Crippen molar-refractivity contribution in [3.05, 3.63) is 23.0 Å². The summed E-state index contributed by atoms with van der Waals surface area (Å²) in [6.45, 7) is 1.54. The van der Waals surface area contributed by atoms with Gasteiger partial charge in [-0.25, -0.2) is 14.6 Å². The van der Waals surface area contributed by atoms with E-state index in [1.54, 1.807) is 0 Å². The molecule has 0 aliphatic heterocycles. The monoisotopic (exact) mass is 211 g/mol. The number of aromatic carboxylic acids is 2. The number of aromatic nitrogens is 1. The van der Waals surface area contributed by atoms with Crippen LogP contribution in [0.4, 0.5) is 0 Å². The maximum absolute atomic E-state index is 10.7. The molecule has 2 N–H and O–H groups in total. The summed E-state index contributed by atoms with van der Waals surface area (Å²) in [4.78, 5) is 25.1. The average molecular weight is 211 g/mol. The average Bonchev–Trinajstić information content (AvgIpc) is 2.16. The fraction of sp³-hybridized carbons (Fsp3) is 0.222. The van der Waals surface area contributed by atoms with Gasteiger partial charge in [0.15, 0.2) is 5.69 Å². The van der Waals surface area contributed by atoms with Gasteiger partial charge in [0.05, 0.1) is 18.4 Å². The number of pyridine rings is 1. The van der Waals surface area contributed by atoms with Crippen LogP contribution in [0.3, 0.4) is 0 Å². The minimum absolute atomic E-state index is 0.248. The third-order valence-corrected chi connectivity index (χ3v) is 1.82. The van der Waals surface area contributed by atoms with Crippen molar-refractivity contribution in [2.75, 3.05) is 7.11 Å². The van der Waals surface area contributed by atoms with E-state index in [1.807, 2.05) is 0 Å². The molecule has 0 spiro atoms. The van der Waals surface area contributed by atoms with Crippen LogP contribution in [0.2, 0.25) is 0 Å². The molecule has 6 nitrogen and oxygen atoms in total. The smallest absolute Gasteiger partial charge is 0.355 e. The minimum atomic E-state index is -1.38. The number of hydrogen-bond acceptors (Lipinski definition) is 4. The van der Waals surface area contributed by atoms with Gasteiger partial charge in [0.1, 0.15) is 5.75 Å². The summed E-state index contributed by atoms with van der Waals surface area (Å²) < 4.78 is 4.85. The largest absolute Gasteiger partial charge is 0.495 e. The number of nitrogens with zero attached hydrogens (tertiary/aromatic N) is 1. The normalized spacial score (nSPS) is 9.73. The van der Waals surface area contributed by atoms with Gasteiger partial charge < -0.3 is 14.9 Å². The molecule has 0 saturated carbocycles. The molecule has 0 atom stereocenters. The minimum Gasteiger partial charge on any atom is -0.495 e. The summed E-state index contributed by atoms with van der Waals surface area (Å²) in [6.07, 6.45) is 0. The number of aryl methyl sites for hydroxylation is 1. The lowest BCUT2D eigenvalue weighted by Crippen LogP contribution is -2.12. The van der Waals surface area contributed by atoms with Crippen molar-refractivity contribution < 1.29 is 24.5 Å². The first-order valence-electron chi connectivity index (χ1n) is 3.99. The number of methoxy groups -OCH3 is 1. The maximum atomic E-state index is 10.7. The molecule has 0 saturated heterocycles. The molecule has 1 heterocycles. The predicted molar refractivity (Wildman–Crippen MR) is 49.4 cm³/mol. The van der Waals surface area contributed by atoms with Crippen molar-refractivity contribution in [1.82, 2.24) is 4.98 Å². The van der Waals surface area contributed by atoms with Crippen LogP contribution >= 0.6 is 0 Å². The highest BCUT2D eigenvalue weighted by Crippen LogP contribution is 2.19. The SMILES string of the molecule is COc1cc(C(=O)O)c(C(=O)O)nc1C. The van der Waals surface area contributed by atoms with Crippen LogP contribution in [0.5, 0.6) is 5.75 Å². The summed E-state index contributed by atoms with van der Waals surface area (Å²) in [7, 11) is 1.36. The van der Waals surface area contributed by atoms with Crippen LogP contribution < -0.4 is 4.74 Å². The molecule has 0 fully saturated rings. The molecular weight excluding hydrogens is 202 g/mol. The number of carboxylic acids is 2. The standard InChI is InChI=1S/C9H9NO5/c1-4-6(15-2)3-5(8(11)12)7(10-4)9(13)14/h3H,1-2H3,(H,11,12)(H,13,14). The Bertz CT molecular complexity index is 427. The van der Waals surface area contributed by atoms with Crippen LogP contribution in [-0.2, 0) is 0 Å². The number of carboxylic acid groups (broad SMARTS) is 2. The van der Waals surface area contributed by atoms with E-state index in [1.165, 1.54) is 14.0 Å². The molecule has 6 heteroatoms. The molecular formula is C9H9NO5. The molecule has 0 aromatic carbocycles. The van der Waals surface area contributed by atoms with Gasteiger partial charge in [-0.05, 0) is 13.0 Å². The molecule has 0 bridgehead atoms. The highest BCUT2D eigenvalue weighted by molar-refractivity contribution is 6.00. The Morgan fingerprint density at radius 2 is 1.93 bits per heavy atom. The summed E-state index contributed by atoms with van der Waals surface area (Å²) in [5.41, 5.74) is -0.536. The second-order valence-electron chi connectivity index (χ2n) is 2.78. The molecule has 0 radical (unpaired) electrons. The quantitative estimate of drug-likeness (QED) is 0.767. The van der Waals surface area contributed by atoms with Crippen molar-refractivity contribution in [2.45, 2.75) is 6.92 Å². The van der Waals surface area contributed by atoms with Crippen LogP contribution in [0.25, 0.3) is 0 Å². The zero-order valence-corrected chi connectivity index (χ0v) is 8.14. The molecule has 0 aliphatic rings. The van der Waals surface area contributed by atoms with E-state index in [2.05, 4.69) is 4.98 Å². The van der Waals surface area contributed by atoms with Crippen LogP contribution in [0, 0.1) is 6.92 Å². The topological polar surface area (TPSA) is 96.7 Å². The van der Waals surface area contributed by atoms with E-state index >= 15 is 0 Å². The molecule has 0 unspecified atom stereocenters. The lowest BCUT2D eigenvalue weighted by molar-refractivity contribution is 0.0645. The van der Waals surface area contributed by atoms with Gasteiger partial charge in [-0.15, -0.1) is 0 Å². The van der Waals surface area contributed by atoms with Gasteiger partial charge in [0, 0.05) is 0 Å². The van der Waals surface area contributed by atoms with Gasteiger partial charge in [-0.3, -0.25) is 0 Å². The van der Waals surface area contributed by atoms with Gasteiger partial charge in [0.25, 0.3) is 0 Å². The molecule has 0 aliphatic carbocycles. The fourth-order valence-corrected chi connectivity index (χ4v) is 1.12. The van der Waals surface area contributed by atoms with Gasteiger partial charge in [-0.1, -0.05) is 0 Å². The Morgan fingerprint density at radius 3 is 2.33 bits per heavy atom. The second kappa shape index (κ2) is 3.95.